The van der Waals surface area contributed by atoms with Crippen molar-refractivity contribution < 1.29 is 49.0 Å². The summed E-state index contributed by atoms with van der Waals surface area (Å²) in [6, 6.07) is 0. The number of carbonyl (C=O) groups excluding carboxylic acids is 2. The van der Waals surface area contributed by atoms with Gasteiger partial charge >= 0.3 is 29.6 Å². The van der Waals surface area contributed by atoms with E-state index in [1.807, 2.05) is 0 Å². The van der Waals surface area contributed by atoms with Crippen LogP contribution in [0, 0.1) is 0 Å². The molecule has 0 N–H and O–H groups in total. The van der Waals surface area contributed by atoms with Gasteiger partial charge in [0.05, 0.1) is 24.9 Å². The van der Waals surface area contributed by atoms with Crippen LogP contribution in [-0.2, 0) is 14.3 Å². The number of nitrogens with zero attached hydrogens (tertiary/aromatic N) is 1. The molecule has 0 unspecified atom stereocenters. The fraction of sp³-hybridized carbons (Fsp3) is 0.429. The maximum absolute atomic E-state index is 11.0. The number of thioether (sulfide) groups is 1. The van der Waals surface area contributed by atoms with Gasteiger partial charge < -0.3 is 14.6 Å². The predicted octanol–water partition coefficient (Wildman–Crippen LogP) is -4.14. The van der Waals surface area contributed by atoms with Crippen LogP contribution < -0.4 is 34.7 Å². The van der Waals surface area contributed by atoms with Gasteiger partial charge in [-0.05, 0) is 0 Å². The monoisotopic (exact) mass is 223 g/mol. The Morgan fingerprint density at radius 2 is 2.36 bits per heavy atom. The van der Waals surface area contributed by atoms with Gasteiger partial charge in [0, 0.05) is 0 Å². The molecular weight excluding hydrogens is 217 g/mol. The molecule has 0 bridgehead atoms. The Morgan fingerprint density at radius 3 is 2.79 bits per heavy atom. The summed E-state index contributed by atoms with van der Waals surface area (Å²) >= 11 is 1.24. The second kappa shape index (κ2) is 4.14. The Bertz CT molecular complexity index is 330. The number of ether oxygens (including phenoxy) is 1. The number of hydrogen-bond donors (Lipinski definition) is 0. The molecule has 1 amide bonds. The number of amides is 1. The Hall–Kier alpha value is -0.170. The summed E-state index contributed by atoms with van der Waals surface area (Å²) in [5.74, 6) is -1.55. The number of carboxylic acid groups (broad SMARTS) is 1. The van der Waals surface area contributed by atoms with Crippen LogP contribution >= 0.6 is 11.8 Å². The first kappa shape index (κ1) is 11.9. The minimum atomic E-state index is -1.36. The zero-order valence-electron chi connectivity index (χ0n) is 7.77. The van der Waals surface area contributed by atoms with Crippen LogP contribution in [0.25, 0.3) is 0 Å². The minimum absolute atomic E-state index is 0. The smallest absolute Gasteiger partial charge is 0.543 e. The zero-order valence-corrected chi connectivity index (χ0v) is 10.6. The van der Waals surface area contributed by atoms with Gasteiger partial charge in [-0.15, -0.1) is 0 Å². The number of rotatable bonds is 2. The number of β-lactam (4-membered cyclic amide) rings is 1. The summed E-state index contributed by atoms with van der Waals surface area (Å²) in [7, 11) is 1.38. The largest absolute Gasteiger partial charge is 1.00 e. The van der Waals surface area contributed by atoms with Crippen molar-refractivity contribution >= 4 is 23.6 Å². The molecule has 1 saturated heterocycles. The minimum Gasteiger partial charge on any atom is -0.543 e. The molecular formula is C7H6NNaO4S. The van der Waals surface area contributed by atoms with Gasteiger partial charge in [0.1, 0.15) is 5.70 Å². The molecule has 0 spiro atoms. The van der Waals surface area contributed by atoms with Gasteiger partial charge in [-0.3, -0.25) is 9.69 Å². The third kappa shape index (κ3) is 1.56. The van der Waals surface area contributed by atoms with Crippen molar-refractivity contribution in [2.75, 3.05) is 7.11 Å². The van der Waals surface area contributed by atoms with Crippen molar-refractivity contribution in [2.24, 2.45) is 0 Å². The molecule has 0 aromatic carbocycles. The molecule has 14 heavy (non-hydrogen) atoms. The van der Waals surface area contributed by atoms with E-state index in [2.05, 4.69) is 0 Å². The normalized spacial score (nSPS) is 23.9. The van der Waals surface area contributed by atoms with Crippen LogP contribution in [0.4, 0.5) is 0 Å². The molecule has 2 aliphatic rings. The quantitative estimate of drug-likeness (QED) is 0.351. The van der Waals surface area contributed by atoms with Crippen LogP contribution in [0.2, 0.25) is 0 Å². The van der Waals surface area contributed by atoms with Gasteiger partial charge in [-0.1, -0.05) is 11.8 Å². The van der Waals surface area contributed by atoms with Crippen LogP contribution in [0.5, 0.6) is 0 Å². The van der Waals surface area contributed by atoms with E-state index in [9.17, 15) is 14.7 Å². The summed E-state index contributed by atoms with van der Waals surface area (Å²) in [5.41, 5.74) is -0.131. The van der Waals surface area contributed by atoms with Crippen LogP contribution in [0.15, 0.2) is 10.8 Å². The Morgan fingerprint density at radius 1 is 1.71 bits per heavy atom. The van der Waals surface area contributed by atoms with Crippen molar-refractivity contribution in [2.45, 2.75) is 11.8 Å². The number of hydrogen-bond acceptors (Lipinski definition) is 5. The van der Waals surface area contributed by atoms with Crippen molar-refractivity contribution in [3.05, 3.63) is 10.8 Å². The third-order valence-corrected chi connectivity index (χ3v) is 3.19. The van der Waals surface area contributed by atoms with Gasteiger partial charge in [-0.2, -0.15) is 0 Å². The number of methoxy groups -OCH3 is 1. The average Bonchev–Trinajstić information content (AvgIpc) is 2.37. The molecule has 5 nitrogen and oxygen atoms in total. The first-order valence-corrected chi connectivity index (χ1v) is 4.51. The van der Waals surface area contributed by atoms with Crippen molar-refractivity contribution in [3.8, 4) is 0 Å². The first-order chi connectivity index (χ1) is 6.15. The van der Waals surface area contributed by atoms with E-state index in [0.717, 1.165) is 0 Å². The van der Waals surface area contributed by atoms with E-state index >= 15 is 0 Å². The molecule has 1 atom stereocenters. The van der Waals surface area contributed by atoms with Crippen LogP contribution in [0.3, 0.4) is 0 Å². The Labute approximate surface area is 107 Å². The third-order valence-electron chi connectivity index (χ3n) is 1.96. The summed E-state index contributed by atoms with van der Waals surface area (Å²) in [6.07, 6.45) is 0.369. The van der Waals surface area contributed by atoms with E-state index in [1.54, 1.807) is 0 Å². The number of fused-ring (bicyclic) bond motifs is 1. The number of carboxylic acids is 1. The molecule has 2 heterocycles. The maximum atomic E-state index is 11.0. The average molecular weight is 223 g/mol. The van der Waals surface area contributed by atoms with E-state index in [4.69, 9.17) is 4.74 Å². The molecule has 1 fully saturated rings. The first-order valence-electron chi connectivity index (χ1n) is 3.63. The van der Waals surface area contributed by atoms with E-state index < -0.39 is 5.97 Å². The van der Waals surface area contributed by atoms with Crippen molar-refractivity contribution in [1.82, 2.24) is 4.90 Å². The Kier molecular flexibility index (Phi) is 3.52. The predicted molar refractivity (Wildman–Crippen MR) is 41.9 cm³/mol. The van der Waals surface area contributed by atoms with Crippen molar-refractivity contribution in [3.63, 3.8) is 0 Å². The van der Waals surface area contributed by atoms with Gasteiger partial charge in [0.2, 0.25) is 5.91 Å². The molecule has 0 aliphatic carbocycles. The second-order valence-corrected chi connectivity index (χ2v) is 3.82. The topological polar surface area (TPSA) is 69.7 Å². The van der Waals surface area contributed by atoms with E-state index in [1.165, 1.54) is 23.8 Å². The molecule has 2 rings (SSSR count). The second-order valence-electron chi connectivity index (χ2n) is 2.67. The summed E-state index contributed by atoms with van der Waals surface area (Å²) in [6.45, 7) is 0. The summed E-state index contributed by atoms with van der Waals surface area (Å²) < 4.78 is 4.84. The molecule has 7 heteroatoms. The van der Waals surface area contributed by atoms with Gasteiger partial charge in [0.15, 0.2) is 5.09 Å². The standard InChI is InChI=1S/C7H7NO4S.Na/c1-12-7-5(6(10)11)8-3(9)2-4(8)13-7;/h4H,2H2,1H3,(H,10,11);/q;+1/p-1/t4-;/m1./s1. The molecule has 2 aliphatic heterocycles. The van der Waals surface area contributed by atoms with E-state index in [0.29, 0.717) is 6.42 Å². The van der Waals surface area contributed by atoms with E-state index in [-0.39, 0.29) is 51.6 Å². The number of aliphatic carboxylic acids is 1. The maximum Gasteiger partial charge on any atom is 1.00 e. The zero-order chi connectivity index (χ0) is 9.59. The molecule has 0 aromatic heterocycles. The fourth-order valence-electron chi connectivity index (χ4n) is 1.35. The van der Waals surface area contributed by atoms with Crippen molar-refractivity contribution in [1.29, 1.82) is 0 Å². The molecule has 0 saturated carbocycles. The molecule has 0 radical (unpaired) electrons. The Balaban J connectivity index is 0.000000980. The fourth-order valence-corrected chi connectivity index (χ4v) is 2.55. The summed E-state index contributed by atoms with van der Waals surface area (Å²) in [5, 5.41) is 10.8. The molecule has 70 valence electrons. The van der Waals surface area contributed by atoms with Crippen LogP contribution in [-0.4, -0.2) is 29.3 Å². The summed E-state index contributed by atoms with van der Waals surface area (Å²) in [4.78, 5) is 22.9. The number of carbonyl (C=O) groups is 2. The molecule has 0 aromatic rings. The van der Waals surface area contributed by atoms with Gasteiger partial charge in [0.25, 0.3) is 0 Å². The van der Waals surface area contributed by atoms with Gasteiger partial charge in [-0.25, -0.2) is 0 Å². The SMILES string of the molecule is COC1=C(C(=O)[O-])N2C(=O)C[C@H]2S1.[Na+]. The van der Waals surface area contributed by atoms with Crippen LogP contribution in [0.1, 0.15) is 6.42 Å².